The average Bonchev–Trinajstić information content (AvgIpc) is 2.39. The number of nitrogens with two attached hydrogens (primary N) is 1. The van der Waals surface area contributed by atoms with E-state index in [1.54, 1.807) is 12.1 Å². The van der Waals surface area contributed by atoms with Crippen LogP contribution in [0.25, 0.3) is 0 Å². The van der Waals surface area contributed by atoms with Crippen molar-refractivity contribution in [1.82, 2.24) is 4.90 Å². The molecule has 1 aliphatic heterocycles. The van der Waals surface area contributed by atoms with Crippen molar-refractivity contribution in [3.05, 3.63) is 41.4 Å². The largest absolute Gasteiger partial charge is 0.369 e. The van der Waals surface area contributed by atoms with Gasteiger partial charge in [0.05, 0.1) is 0 Å². The molecule has 2 N–H and O–H groups in total. The highest BCUT2D eigenvalue weighted by Crippen LogP contribution is 2.17. The molecule has 0 atom stereocenters. The summed E-state index contributed by atoms with van der Waals surface area (Å²) < 4.78 is 0. The van der Waals surface area contributed by atoms with Crippen LogP contribution < -0.4 is 10.6 Å². The molecule has 0 aliphatic carbocycles. The minimum Gasteiger partial charge on any atom is -0.369 e. The van der Waals surface area contributed by atoms with Crippen molar-refractivity contribution < 1.29 is 4.79 Å². The standard InChI is InChI=1S/C14H18ClN3O/c1-11(15)10-17-6-8-18(9-7-17)13-4-2-12(3-5-13)14(16)19/h2-5H,1,6-10H2,(H2,16,19). The smallest absolute Gasteiger partial charge is 0.248 e. The quantitative estimate of drug-likeness (QED) is 0.912. The van der Waals surface area contributed by atoms with Gasteiger partial charge in [-0.05, 0) is 24.3 Å². The number of carbonyl (C=O) groups is 1. The predicted octanol–water partition coefficient (Wildman–Crippen LogP) is 1.66. The van der Waals surface area contributed by atoms with Gasteiger partial charge in [0.1, 0.15) is 0 Å². The van der Waals surface area contributed by atoms with E-state index >= 15 is 0 Å². The molecule has 102 valence electrons. The lowest BCUT2D eigenvalue weighted by Crippen LogP contribution is -2.46. The number of rotatable bonds is 4. The van der Waals surface area contributed by atoms with Crippen LogP contribution in [0.2, 0.25) is 0 Å². The number of nitrogens with zero attached hydrogens (tertiary/aromatic N) is 2. The fourth-order valence-electron chi connectivity index (χ4n) is 2.24. The number of piperazine rings is 1. The third kappa shape index (κ3) is 3.72. The van der Waals surface area contributed by atoms with E-state index in [1.807, 2.05) is 12.1 Å². The molecule has 0 aromatic heterocycles. The Balaban J connectivity index is 1.94. The number of benzene rings is 1. The van der Waals surface area contributed by atoms with Crippen LogP contribution in [0.5, 0.6) is 0 Å². The second-order valence-electron chi connectivity index (χ2n) is 4.69. The summed E-state index contributed by atoms with van der Waals surface area (Å²) in [6.45, 7) is 8.28. The van der Waals surface area contributed by atoms with Crippen molar-refractivity contribution in [2.75, 3.05) is 37.6 Å². The highest BCUT2D eigenvalue weighted by atomic mass is 35.5. The van der Waals surface area contributed by atoms with Gasteiger partial charge in [0.25, 0.3) is 0 Å². The average molecular weight is 280 g/mol. The van der Waals surface area contributed by atoms with Gasteiger partial charge in [0, 0.05) is 49.0 Å². The Morgan fingerprint density at radius 3 is 2.26 bits per heavy atom. The molecule has 1 aromatic carbocycles. The molecule has 0 spiro atoms. The zero-order valence-electron chi connectivity index (χ0n) is 10.8. The molecule has 0 bridgehead atoms. The van der Waals surface area contributed by atoms with Crippen LogP contribution in [0.1, 0.15) is 10.4 Å². The molecule has 0 unspecified atom stereocenters. The van der Waals surface area contributed by atoms with Crippen LogP contribution in [-0.4, -0.2) is 43.5 Å². The fraction of sp³-hybridized carbons (Fsp3) is 0.357. The van der Waals surface area contributed by atoms with Crippen LogP contribution in [-0.2, 0) is 0 Å². The maximum Gasteiger partial charge on any atom is 0.248 e. The van der Waals surface area contributed by atoms with E-state index in [4.69, 9.17) is 17.3 Å². The number of carbonyl (C=O) groups excluding carboxylic acids is 1. The van der Waals surface area contributed by atoms with Crippen LogP contribution in [0, 0.1) is 0 Å². The van der Waals surface area contributed by atoms with E-state index < -0.39 is 5.91 Å². The van der Waals surface area contributed by atoms with Gasteiger partial charge in [-0.2, -0.15) is 0 Å². The lowest BCUT2D eigenvalue weighted by molar-refractivity contribution is 0.100. The first-order chi connectivity index (χ1) is 9.06. The van der Waals surface area contributed by atoms with Crippen molar-refractivity contribution in [3.8, 4) is 0 Å². The molecule has 1 aliphatic rings. The van der Waals surface area contributed by atoms with Gasteiger partial charge < -0.3 is 10.6 Å². The molecule has 1 fully saturated rings. The van der Waals surface area contributed by atoms with Crippen molar-refractivity contribution in [1.29, 1.82) is 0 Å². The van der Waals surface area contributed by atoms with E-state index in [9.17, 15) is 4.79 Å². The van der Waals surface area contributed by atoms with E-state index in [0.29, 0.717) is 10.6 Å². The van der Waals surface area contributed by atoms with Gasteiger partial charge in [-0.1, -0.05) is 18.2 Å². The lowest BCUT2D eigenvalue weighted by atomic mass is 10.1. The summed E-state index contributed by atoms with van der Waals surface area (Å²) >= 11 is 5.82. The molecule has 19 heavy (non-hydrogen) atoms. The summed E-state index contributed by atoms with van der Waals surface area (Å²) in [7, 11) is 0. The summed E-state index contributed by atoms with van der Waals surface area (Å²) in [5, 5.41) is 0.680. The Bertz CT molecular complexity index is 464. The Labute approximate surface area is 118 Å². The van der Waals surface area contributed by atoms with Crippen molar-refractivity contribution >= 4 is 23.2 Å². The highest BCUT2D eigenvalue weighted by molar-refractivity contribution is 6.29. The third-order valence-electron chi connectivity index (χ3n) is 3.28. The second-order valence-corrected chi connectivity index (χ2v) is 5.23. The fourth-order valence-corrected chi connectivity index (χ4v) is 2.41. The summed E-state index contributed by atoms with van der Waals surface area (Å²) in [5.41, 5.74) is 6.89. The van der Waals surface area contributed by atoms with Crippen LogP contribution in [0.4, 0.5) is 5.69 Å². The molecule has 0 saturated carbocycles. The number of hydrogen-bond donors (Lipinski definition) is 1. The van der Waals surface area contributed by atoms with Gasteiger partial charge in [-0.3, -0.25) is 9.69 Å². The van der Waals surface area contributed by atoms with E-state index in [0.717, 1.165) is 38.4 Å². The molecule has 1 amide bonds. The zero-order valence-corrected chi connectivity index (χ0v) is 11.6. The normalized spacial score (nSPS) is 16.4. The minimum absolute atomic E-state index is 0.392. The number of hydrogen-bond acceptors (Lipinski definition) is 3. The number of primary amides is 1. The van der Waals surface area contributed by atoms with E-state index in [2.05, 4.69) is 16.4 Å². The van der Waals surface area contributed by atoms with Gasteiger partial charge in [-0.15, -0.1) is 0 Å². The first kappa shape index (κ1) is 13.9. The molecule has 2 rings (SSSR count). The second kappa shape index (κ2) is 6.08. The maximum atomic E-state index is 11.0. The molecule has 1 aromatic rings. The topological polar surface area (TPSA) is 49.6 Å². The highest BCUT2D eigenvalue weighted by Gasteiger charge is 2.17. The first-order valence-electron chi connectivity index (χ1n) is 6.27. The third-order valence-corrected chi connectivity index (χ3v) is 3.40. The Morgan fingerprint density at radius 2 is 1.79 bits per heavy atom. The van der Waals surface area contributed by atoms with Crippen LogP contribution in [0.15, 0.2) is 35.9 Å². The van der Waals surface area contributed by atoms with E-state index in [1.165, 1.54) is 0 Å². The molecule has 5 heteroatoms. The summed E-state index contributed by atoms with van der Waals surface area (Å²) in [6, 6.07) is 7.42. The van der Waals surface area contributed by atoms with Gasteiger partial charge in [0.2, 0.25) is 5.91 Å². The molecule has 1 heterocycles. The zero-order chi connectivity index (χ0) is 13.8. The first-order valence-corrected chi connectivity index (χ1v) is 6.64. The molecular weight excluding hydrogens is 262 g/mol. The van der Waals surface area contributed by atoms with Crippen LogP contribution >= 0.6 is 11.6 Å². The van der Waals surface area contributed by atoms with E-state index in [-0.39, 0.29) is 0 Å². The number of anilines is 1. The lowest BCUT2D eigenvalue weighted by Gasteiger charge is -2.36. The Kier molecular flexibility index (Phi) is 4.45. The van der Waals surface area contributed by atoms with Crippen molar-refractivity contribution in [2.24, 2.45) is 5.73 Å². The summed E-state index contributed by atoms with van der Waals surface area (Å²) in [4.78, 5) is 15.6. The SMILES string of the molecule is C=C(Cl)CN1CCN(c2ccc(C(N)=O)cc2)CC1. The van der Waals surface area contributed by atoms with Gasteiger partial charge in [-0.25, -0.2) is 0 Å². The van der Waals surface area contributed by atoms with Crippen molar-refractivity contribution in [2.45, 2.75) is 0 Å². The molecule has 1 saturated heterocycles. The Hall–Kier alpha value is -1.52. The number of halogens is 1. The van der Waals surface area contributed by atoms with Crippen LogP contribution in [0.3, 0.4) is 0 Å². The summed E-state index contributed by atoms with van der Waals surface area (Å²) in [6.07, 6.45) is 0. The monoisotopic (exact) mass is 279 g/mol. The molecular formula is C14H18ClN3O. The summed E-state index contributed by atoms with van der Waals surface area (Å²) in [5.74, 6) is -0.392. The molecule has 0 radical (unpaired) electrons. The predicted molar refractivity (Wildman–Crippen MR) is 78.6 cm³/mol. The minimum atomic E-state index is -0.392. The number of amides is 1. The van der Waals surface area contributed by atoms with Crippen molar-refractivity contribution in [3.63, 3.8) is 0 Å². The Morgan fingerprint density at radius 1 is 1.21 bits per heavy atom. The molecule has 4 nitrogen and oxygen atoms in total. The van der Waals surface area contributed by atoms with Gasteiger partial charge in [0.15, 0.2) is 0 Å². The van der Waals surface area contributed by atoms with Gasteiger partial charge >= 0.3 is 0 Å². The maximum absolute atomic E-state index is 11.0.